The first-order valence-electron chi connectivity index (χ1n) is 7.33. The zero-order chi connectivity index (χ0) is 19.1. The Morgan fingerprint density at radius 1 is 1.28 bits per heavy atom. The van der Waals surface area contributed by atoms with Crippen LogP contribution >= 0.6 is 23.2 Å². The number of hydrogen-bond acceptors (Lipinski definition) is 2. The molecule has 0 spiro atoms. The summed E-state index contributed by atoms with van der Waals surface area (Å²) in [5.41, 5.74) is 2.19. The Balaban J connectivity index is 3.06. The molecule has 134 valence electrons. The zero-order valence-electron chi connectivity index (χ0n) is 14.4. The molecule has 0 saturated carbocycles. The van der Waals surface area contributed by atoms with Crippen LogP contribution in [0.1, 0.15) is 25.0 Å². The van der Waals surface area contributed by atoms with Crippen LogP contribution in [0.15, 0.2) is 47.3 Å². The summed E-state index contributed by atoms with van der Waals surface area (Å²) in [5.74, 6) is -1.21. The molecular formula is C19H19Cl2FO3. The Morgan fingerprint density at radius 2 is 1.92 bits per heavy atom. The van der Waals surface area contributed by atoms with E-state index in [0.29, 0.717) is 21.4 Å². The van der Waals surface area contributed by atoms with Crippen LogP contribution < -0.4 is 4.74 Å². The predicted molar refractivity (Wildman–Crippen MR) is 101 cm³/mol. The van der Waals surface area contributed by atoms with Crippen molar-refractivity contribution in [3.05, 3.63) is 68.5 Å². The smallest absolute Gasteiger partial charge is 0.328 e. The number of aliphatic carboxylic acids is 1. The third-order valence-corrected chi connectivity index (χ3v) is 4.19. The minimum atomic E-state index is -1.19. The van der Waals surface area contributed by atoms with E-state index in [0.717, 1.165) is 17.2 Å². The van der Waals surface area contributed by atoms with Crippen molar-refractivity contribution < 1.29 is 19.0 Å². The first-order valence-corrected chi connectivity index (χ1v) is 8.09. The van der Waals surface area contributed by atoms with Crippen LogP contribution in [0, 0.1) is 6.92 Å². The van der Waals surface area contributed by atoms with Crippen molar-refractivity contribution in [3.8, 4) is 5.75 Å². The van der Waals surface area contributed by atoms with Crippen molar-refractivity contribution in [2.24, 2.45) is 0 Å². The molecule has 0 fully saturated rings. The molecule has 25 heavy (non-hydrogen) atoms. The van der Waals surface area contributed by atoms with Gasteiger partial charge in [0.2, 0.25) is 0 Å². The monoisotopic (exact) mass is 384 g/mol. The lowest BCUT2D eigenvalue weighted by Crippen LogP contribution is -1.91. The van der Waals surface area contributed by atoms with Gasteiger partial charge in [0.05, 0.1) is 17.2 Å². The molecule has 0 amide bonds. The molecule has 1 N–H and O–H groups in total. The molecule has 0 aromatic heterocycles. The molecule has 3 nitrogen and oxygen atoms in total. The molecule has 1 aromatic carbocycles. The summed E-state index contributed by atoms with van der Waals surface area (Å²) >= 11 is 12.5. The summed E-state index contributed by atoms with van der Waals surface area (Å²) in [6.45, 7) is 4.99. The van der Waals surface area contributed by atoms with Crippen LogP contribution in [0.3, 0.4) is 0 Å². The van der Waals surface area contributed by atoms with E-state index in [1.54, 1.807) is 32.3 Å². The highest BCUT2D eigenvalue weighted by Gasteiger charge is 2.11. The summed E-state index contributed by atoms with van der Waals surface area (Å²) in [4.78, 5) is 10.5. The van der Waals surface area contributed by atoms with Gasteiger partial charge in [-0.3, -0.25) is 0 Å². The Hall–Kier alpha value is -2.04. The lowest BCUT2D eigenvalue weighted by Gasteiger charge is -2.10. The number of methoxy groups -OCH3 is 1. The minimum absolute atomic E-state index is 0.0393. The molecule has 0 atom stereocenters. The maximum atomic E-state index is 13.7. The number of halogens is 3. The van der Waals surface area contributed by atoms with Gasteiger partial charge < -0.3 is 9.84 Å². The first kappa shape index (κ1) is 21.0. The predicted octanol–water partition coefficient (Wildman–Crippen LogP) is 6.15. The highest BCUT2D eigenvalue weighted by Crippen LogP contribution is 2.35. The quantitative estimate of drug-likeness (QED) is 0.472. The van der Waals surface area contributed by atoms with E-state index >= 15 is 0 Å². The second kappa shape index (κ2) is 9.44. The fourth-order valence-electron chi connectivity index (χ4n) is 1.94. The van der Waals surface area contributed by atoms with Crippen LogP contribution in [0.4, 0.5) is 4.39 Å². The van der Waals surface area contributed by atoms with E-state index in [1.807, 2.05) is 6.92 Å². The van der Waals surface area contributed by atoms with Crippen molar-refractivity contribution in [2.45, 2.75) is 20.8 Å². The third kappa shape index (κ3) is 6.07. The van der Waals surface area contributed by atoms with E-state index in [4.69, 9.17) is 33.0 Å². The van der Waals surface area contributed by atoms with Crippen LogP contribution in [-0.2, 0) is 4.79 Å². The van der Waals surface area contributed by atoms with Crippen LogP contribution in [0.25, 0.3) is 6.08 Å². The Labute approximate surface area is 156 Å². The van der Waals surface area contributed by atoms with Crippen LogP contribution in [-0.4, -0.2) is 18.2 Å². The number of allylic oxidation sites excluding steroid dienone is 6. The van der Waals surface area contributed by atoms with Crippen molar-refractivity contribution in [2.75, 3.05) is 7.11 Å². The molecular weight excluding hydrogens is 366 g/mol. The average Bonchev–Trinajstić information content (AvgIpc) is 2.54. The Kier molecular flexibility index (Phi) is 7.94. The highest BCUT2D eigenvalue weighted by molar-refractivity contribution is 6.38. The van der Waals surface area contributed by atoms with E-state index in [9.17, 15) is 9.18 Å². The van der Waals surface area contributed by atoms with Gasteiger partial charge in [-0.2, -0.15) is 0 Å². The van der Waals surface area contributed by atoms with E-state index in [2.05, 4.69) is 0 Å². The molecule has 0 heterocycles. The summed E-state index contributed by atoms with van der Waals surface area (Å²) < 4.78 is 19.0. The number of ether oxygens (including phenoxy) is 1. The van der Waals surface area contributed by atoms with Gasteiger partial charge in [0.25, 0.3) is 0 Å². The molecule has 0 aliphatic rings. The zero-order valence-corrected chi connectivity index (χ0v) is 15.9. The van der Waals surface area contributed by atoms with E-state index in [-0.39, 0.29) is 5.57 Å². The molecule has 0 bridgehead atoms. The molecule has 0 aliphatic heterocycles. The van der Waals surface area contributed by atoms with Crippen LogP contribution in [0.2, 0.25) is 10.0 Å². The van der Waals surface area contributed by atoms with Gasteiger partial charge >= 0.3 is 5.97 Å². The van der Waals surface area contributed by atoms with Crippen molar-refractivity contribution >= 4 is 35.2 Å². The lowest BCUT2D eigenvalue weighted by atomic mass is 10.1. The van der Waals surface area contributed by atoms with Gasteiger partial charge in [-0.15, -0.1) is 0 Å². The van der Waals surface area contributed by atoms with Gasteiger partial charge in [0.15, 0.2) is 0 Å². The Bertz CT molecular complexity index is 790. The molecule has 1 aromatic rings. The number of benzene rings is 1. The summed E-state index contributed by atoms with van der Waals surface area (Å²) in [6, 6.07) is 1.68. The van der Waals surface area contributed by atoms with Crippen LogP contribution in [0.5, 0.6) is 5.75 Å². The van der Waals surface area contributed by atoms with Crippen molar-refractivity contribution in [1.82, 2.24) is 0 Å². The van der Waals surface area contributed by atoms with E-state index in [1.165, 1.54) is 19.1 Å². The van der Waals surface area contributed by atoms with Gasteiger partial charge in [0, 0.05) is 17.2 Å². The molecule has 0 unspecified atom stereocenters. The van der Waals surface area contributed by atoms with Gasteiger partial charge in [-0.1, -0.05) is 47.0 Å². The summed E-state index contributed by atoms with van der Waals surface area (Å²) in [6.07, 6.45) is 7.01. The molecule has 0 radical (unpaired) electrons. The molecule has 1 rings (SSSR count). The normalized spacial score (nSPS) is 13.5. The van der Waals surface area contributed by atoms with Gasteiger partial charge in [-0.25, -0.2) is 9.18 Å². The molecule has 0 aliphatic carbocycles. The molecule has 6 heteroatoms. The number of carboxylic acid groups (broad SMARTS) is 1. The highest BCUT2D eigenvalue weighted by atomic mass is 35.5. The number of rotatable bonds is 6. The third-order valence-electron chi connectivity index (χ3n) is 3.39. The van der Waals surface area contributed by atoms with Gasteiger partial charge in [0.1, 0.15) is 11.6 Å². The van der Waals surface area contributed by atoms with E-state index < -0.39 is 11.8 Å². The number of carbonyl (C=O) groups is 1. The minimum Gasteiger partial charge on any atom is -0.496 e. The van der Waals surface area contributed by atoms with Gasteiger partial charge in [-0.05, 0) is 38.5 Å². The summed E-state index contributed by atoms with van der Waals surface area (Å²) in [7, 11) is 1.54. The maximum absolute atomic E-state index is 13.7. The Morgan fingerprint density at radius 3 is 2.48 bits per heavy atom. The maximum Gasteiger partial charge on any atom is 0.328 e. The van der Waals surface area contributed by atoms with Crippen molar-refractivity contribution in [1.29, 1.82) is 0 Å². The topological polar surface area (TPSA) is 46.5 Å². The second-order valence-electron chi connectivity index (χ2n) is 5.34. The first-order chi connectivity index (χ1) is 11.7. The SMILES string of the molecule is COc1cc(Cl)c(/C=C/C(C)=C/C=C(F)/C(C)=C/C(=O)O)c(Cl)c1C. The molecule has 0 saturated heterocycles. The largest absolute Gasteiger partial charge is 0.496 e. The summed E-state index contributed by atoms with van der Waals surface area (Å²) in [5, 5.41) is 9.53. The lowest BCUT2D eigenvalue weighted by molar-refractivity contribution is -0.131. The van der Waals surface area contributed by atoms with Crippen molar-refractivity contribution in [3.63, 3.8) is 0 Å². The average molecular weight is 385 g/mol. The number of carboxylic acids is 1. The fourth-order valence-corrected chi connectivity index (χ4v) is 2.50. The number of hydrogen-bond donors (Lipinski definition) is 1. The fraction of sp³-hybridized carbons (Fsp3) is 0.211. The standard InChI is InChI=1S/C19H19Cl2FO3/c1-11(6-8-16(22)12(2)9-18(23)24)5-7-14-15(20)10-17(25-4)13(3)19(14)21/h5-10H,1-4H3,(H,23,24)/b7-5+,11-6+,12-9+,16-8-. The second-order valence-corrected chi connectivity index (χ2v) is 6.12.